The number of sulfonamides is 1. The number of rotatable bonds is 3. The van der Waals surface area contributed by atoms with Crippen LogP contribution in [0.5, 0.6) is 0 Å². The van der Waals surface area contributed by atoms with Crippen molar-refractivity contribution in [3.05, 3.63) is 64.9 Å². The van der Waals surface area contributed by atoms with Crippen LogP contribution in [0.1, 0.15) is 30.7 Å². The summed E-state index contributed by atoms with van der Waals surface area (Å²) in [7, 11) is -3.68. The molecule has 2 aromatic carbocycles. The third-order valence-corrected chi connectivity index (χ3v) is 6.58. The first-order valence-corrected chi connectivity index (χ1v) is 9.80. The summed E-state index contributed by atoms with van der Waals surface area (Å²) >= 11 is 5.76. The molecule has 1 atom stereocenters. The average Bonchev–Trinajstić information content (AvgIpc) is 2.85. The van der Waals surface area contributed by atoms with Gasteiger partial charge in [0.2, 0.25) is 10.0 Å². The third kappa shape index (κ3) is 3.63. The maximum absolute atomic E-state index is 13.3. The molecule has 1 unspecified atom stereocenters. The van der Waals surface area contributed by atoms with Gasteiger partial charge in [-0.05, 0) is 42.5 Å². The lowest BCUT2D eigenvalue weighted by molar-refractivity contribution is 0.406. The largest absolute Gasteiger partial charge is 0.243 e. The van der Waals surface area contributed by atoms with Gasteiger partial charge in [-0.3, -0.25) is 0 Å². The number of benzene rings is 2. The van der Waals surface area contributed by atoms with Gasteiger partial charge < -0.3 is 0 Å². The van der Waals surface area contributed by atoms with Crippen LogP contribution in [-0.4, -0.2) is 25.8 Å². The fourth-order valence-electron chi connectivity index (χ4n) is 3.11. The van der Waals surface area contributed by atoms with E-state index in [1.54, 1.807) is 0 Å². The molecule has 0 N–H and O–H groups in total. The van der Waals surface area contributed by atoms with Crippen molar-refractivity contribution in [2.45, 2.75) is 30.1 Å². The molecule has 2 aromatic rings. The van der Waals surface area contributed by atoms with Gasteiger partial charge >= 0.3 is 0 Å². The summed E-state index contributed by atoms with van der Waals surface area (Å²) in [5.74, 6) is -0.451. The molecular formula is C18H19ClFNO2S. The summed E-state index contributed by atoms with van der Waals surface area (Å²) in [5.41, 5.74) is 1.15. The normalized spacial score (nSPS) is 19.8. The first kappa shape index (κ1) is 17.4. The van der Waals surface area contributed by atoms with E-state index in [1.165, 1.54) is 16.4 Å². The Bertz CT molecular complexity index is 811. The molecule has 6 heteroatoms. The molecule has 0 aromatic heterocycles. The van der Waals surface area contributed by atoms with Crippen molar-refractivity contribution in [3.63, 3.8) is 0 Å². The predicted octanol–water partition coefficient (Wildman–Crippen LogP) is 4.44. The maximum atomic E-state index is 13.3. The Kier molecular flexibility index (Phi) is 5.23. The zero-order valence-corrected chi connectivity index (χ0v) is 14.7. The van der Waals surface area contributed by atoms with Crippen molar-refractivity contribution in [2.75, 3.05) is 13.1 Å². The number of hydrogen-bond donors (Lipinski definition) is 0. The molecule has 0 bridgehead atoms. The van der Waals surface area contributed by atoms with Crippen LogP contribution in [0.2, 0.25) is 5.02 Å². The second-order valence-corrected chi connectivity index (χ2v) is 8.39. The SMILES string of the molecule is O=S(=O)(c1ccc(F)c(Cl)c1)N1CCCCC(c2ccccc2)C1. The summed E-state index contributed by atoms with van der Waals surface area (Å²) in [6.07, 6.45) is 2.76. The van der Waals surface area contributed by atoms with Crippen LogP contribution >= 0.6 is 11.6 Å². The number of hydrogen-bond acceptors (Lipinski definition) is 2. The minimum Gasteiger partial charge on any atom is -0.207 e. The molecule has 0 amide bonds. The van der Waals surface area contributed by atoms with E-state index in [0.29, 0.717) is 13.1 Å². The van der Waals surface area contributed by atoms with Crippen LogP contribution in [0.4, 0.5) is 4.39 Å². The minimum atomic E-state index is -3.68. The van der Waals surface area contributed by atoms with Gasteiger partial charge in [0.05, 0.1) is 9.92 Å². The Morgan fingerprint density at radius 1 is 1.08 bits per heavy atom. The van der Waals surface area contributed by atoms with Crippen LogP contribution in [-0.2, 0) is 10.0 Å². The van der Waals surface area contributed by atoms with Gasteiger partial charge in [-0.15, -0.1) is 0 Å². The molecule has 3 nitrogen and oxygen atoms in total. The van der Waals surface area contributed by atoms with E-state index in [-0.39, 0.29) is 15.8 Å². The fourth-order valence-corrected chi connectivity index (χ4v) is 4.91. The van der Waals surface area contributed by atoms with Crippen molar-refractivity contribution in [3.8, 4) is 0 Å². The second-order valence-electron chi connectivity index (χ2n) is 6.04. The van der Waals surface area contributed by atoms with Gasteiger partial charge in [-0.1, -0.05) is 48.4 Å². The highest BCUT2D eigenvalue weighted by Gasteiger charge is 2.29. The van der Waals surface area contributed by atoms with Crippen LogP contribution in [0.15, 0.2) is 53.4 Å². The predicted molar refractivity (Wildman–Crippen MR) is 93.2 cm³/mol. The van der Waals surface area contributed by atoms with Gasteiger partial charge in [0.25, 0.3) is 0 Å². The van der Waals surface area contributed by atoms with E-state index in [1.807, 2.05) is 30.3 Å². The molecule has 1 heterocycles. The van der Waals surface area contributed by atoms with Crippen LogP contribution in [0.3, 0.4) is 0 Å². The Morgan fingerprint density at radius 3 is 2.54 bits per heavy atom. The zero-order valence-electron chi connectivity index (χ0n) is 13.2. The minimum absolute atomic E-state index is 0.0441. The van der Waals surface area contributed by atoms with E-state index in [9.17, 15) is 12.8 Å². The summed E-state index contributed by atoms with van der Waals surface area (Å²) in [6.45, 7) is 0.905. The lowest BCUT2D eigenvalue weighted by Gasteiger charge is -2.24. The van der Waals surface area contributed by atoms with Crippen molar-refractivity contribution >= 4 is 21.6 Å². The Balaban J connectivity index is 1.90. The van der Waals surface area contributed by atoms with Gasteiger partial charge in [0.1, 0.15) is 5.82 Å². The van der Waals surface area contributed by atoms with E-state index < -0.39 is 15.8 Å². The molecule has 1 aliphatic rings. The Hall–Kier alpha value is -1.43. The van der Waals surface area contributed by atoms with Crippen LogP contribution in [0.25, 0.3) is 0 Å². The Morgan fingerprint density at radius 2 is 1.83 bits per heavy atom. The van der Waals surface area contributed by atoms with Crippen molar-refractivity contribution in [2.24, 2.45) is 0 Å². The Labute approximate surface area is 147 Å². The quantitative estimate of drug-likeness (QED) is 0.804. The van der Waals surface area contributed by atoms with Crippen molar-refractivity contribution in [1.29, 1.82) is 0 Å². The first-order chi connectivity index (χ1) is 11.5. The van der Waals surface area contributed by atoms with Gasteiger partial charge in [0, 0.05) is 13.1 Å². The van der Waals surface area contributed by atoms with E-state index in [2.05, 4.69) is 0 Å². The van der Waals surface area contributed by atoms with Gasteiger partial charge in [-0.25, -0.2) is 12.8 Å². The smallest absolute Gasteiger partial charge is 0.207 e. The summed E-state index contributed by atoms with van der Waals surface area (Å²) in [5, 5.41) is -0.175. The number of halogens is 2. The first-order valence-electron chi connectivity index (χ1n) is 7.98. The molecule has 1 saturated heterocycles. The highest BCUT2D eigenvalue weighted by Crippen LogP contribution is 2.30. The van der Waals surface area contributed by atoms with E-state index >= 15 is 0 Å². The highest BCUT2D eigenvalue weighted by atomic mass is 35.5. The lowest BCUT2D eigenvalue weighted by atomic mass is 9.95. The average molecular weight is 368 g/mol. The molecule has 0 radical (unpaired) electrons. The van der Waals surface area contributed by atoms with E-state index in [0.717, 1.165) is 30.9 Å². The highest BCUT2D eigenvalue weighted by molar-refractivity contribution is 7.89. The van der Waals surface area contributed by atoms with Crippen LogP contribution in [0, 0.1) is 5.82 Å². The molecule has 0 aliphatic carbocycles. The van der Waals surface area contributed by atoms with Crippen LogP contribution < -0.4 is 0 Å². The zero-order chi connectivity index (χ0) is 17.2. The van der Waals surface area contributed by atoms with Gasteiger partial charge in [-0.2, -0.15) is 4.31 Å². The molecule has 1 fully saturated rings. The summed E-state index contributed by atoms with van der Waals surface area (Å²) < 4.78 is 40.7. The summed E-state index contributed by atoms with van der Waals surface area (Å²) in [4.78, 5) is 0.0441. The monoisotopic (exact) mass is 367 g/mol. The maximum Gasteiger partial charge on any atom is 0.243 e. The number of nitrogens with zero attached hydrogens (tertiary/aromatic N) is 1. The van der Waals surface area contributed by atoms with Gasteiger partial charge in [0.15, 0.2) is 0 Å². The standard InChI is InChI=1S/C18H19ClFNO2S/c19-17-12-16(9-10-18(17)20)24(22,23)21-11-5-4-8-15(13-21)14-6-2-1-3-7-14/h1-3,6-7,9-10,12,15H,4-5,8,11,13H2. The fraction of sp³-hybridized carbons (Fsp3) is 0.333. The third-order valence-electron chi connectivity index (χ3n) is 4.43. The molecule has 3 rings (SSSR count). The topological polar surface area (TPSA) is 37.4 Å². The molecule has 24 heavy (non-hydrogen) atoms. The van der Waals surface area contributed by atoms with E-state index in [4.69, 9.17) is 11.6 Å². The summed E-state index contributed by atoms with van der Waals surface area (Å²) in [6, 6.07) is 13.5. The molecule has 0 spiro atoms. The lowest BCUT2D eigenvalue weighted by Crippen LogP contribution is -2.34. The second kappa shape index (κ2) is 7.21. The molecule has 0 saturated carbocycles. The molecular weight excluding hydrogens is 349 g/mol. The molecule has 128 valence electrons. The van der Waals surface area contributed by atoms with Crippen molar-refractivity contribution in [1.82, 2.24) is 4.31 Å². The van der Waals surface area contributed by atoms with Crippen molar-refractivity contribution < 1.29 is 12.8 Å². The molecule has 1 aliphatic heterocycles.